The Morgan fingerprint density at radius 3 is 2.42 bits per heavy atom. The van der Waals surface area contributed by atoms with Crippen molar-refractivity contribution in [1.82, 2.24) is 9.80 Å². The van der Waals surface area contributed by atoms with Gasteiger partial charge < -0.3 is 9.80 Å². The molecule has 0 bridgehead atoms. The Kier molecular flexibility index (Phi) is 4.83. The maximum atomic E-state index is 12.7. The molecular formula is C18H23N3O3. The fraction of sp³-hybridized carbons (Fsp3) is 0.500. The number of imide groups is 1. The summed E-state index contributed by atoms with van der Waals surface area (Å²) < 4.78 is 0. The molecule has 24 heavy (non-hydrogen) atoms. The number of hydrogen-bond acceptors (Lipinski definition) is 3. The van der Waals surface area contributed by atoms with Crippen molar-refractivity contribution in [3.05, 3.63) is 30.3 Å². The van der Waals surface area contributed by atoms with Crippen molar-refractivity contribution in [3.8, 4) is 0 Å². The highest BCUT2D eigenvalue weighted by atomic mass is 16.2. The number of amides is 4. The highest BCUT2D eigenvalue weighted by Crippen LogP contribution is 2.26. The number of nitrogens with zero attached hydrogens (tertiary/aromatic N) is 3. The summed E-state index contributed by atoms with van der Waals surface area (Å²) in [5.74, 6) is 0.00127. The summed E-state index contributed by atoms with van der Waals surface area (Å²) in [5, 5.41) is 0. The Bertz CT molecular complexity index is 624. The van der Waals surface area contributed by atoms with Crippen LogP contribution in [0.25, 0.3) is 0 Å². The molecular weight excluding hydrogens is 306 g/mol. The molecule has 0 unspecified atom stereocenters. The van der Waals surface area contributed by atoms with E-state index in [9.17, 15) is 14.4 Å². The Morgan fingerprint density at radius 2 is 1.79 bits per heavy atom. The maximum absolute atomic E-state index is 12.7. The van der Waals surface area contributed by atoms with Crippen LogP contribution >= 0.6 is 0 Å². The number of benzene rings is 1. The number of rotatable bonds is 4. The van der Waals surface area contributed by atoms with Gasteiger partial charge in [0, 0.05) is 25.6 Å². The molecule has 0 N–H and O–H groups in total. The van der Waals surface area contributed by atoms with Gasteiger partial charge in [-0.1, -0.05) is 25.1 Å². The van der Waals surface area contributed by atoms with Gasteiger partial charge in [-0.3, -0.25) is 9.59 Å². The summed E-state index contributed by atoms with van der Waals surface area (Å²) in [6.07, 6.45) is 2.89. The van der Waals surface area contributed by atoms with Crippen molar-refractivity contribution in [2.75, 3.05) is 24.5 Å². The van der Waals surface area contributed by atoms with Gasteiger partial charge >= 0.3 is 6.03 Å². The van der Waals surface area contributed by atoms with Gasteiger partial charge in [0.15, 0.2) is 0 Å². The first-order valence-electron chi connectivity index (χ1n) is 8.58. The number of likely N-dealkylation sites (tertiary alicyclic amines) is 1. The Labute approximate surface area is 142 Å². The molecule has 1 aromatic carbocycles. The van der Waals surface area contributed by atoms with Crippen LogP contribution in [0.4, 0.5) is 10.5 Å². The Balaban J connectivity index is 1.64. The third-order valence-corrected chi connectivity index (χ3v) is 4.73. The van der Waals surface area contributed by atoms with Crippen molar-refractivity contribution in [3.63, 3.8) is 0 Å². The van der Waals surface area contributed by atoms with E-state index in [0.29, 0.717) is 25.2 Å². The van der Waals surface area contributed by atoms with E-state index < -0.39 is 0 Å². The zero-order chi connectivity index (χ0) is 17.1. The lowest BCUT2D eigenvalue weighted by Crippen LogP contribution is -2.48. The molecule has 0 aromatic heterocycles. The summed E-state index contributed by atoms with van der Waals surface area (Å²) in [6, 6.07) is 8.81. The van der Waals surface area contributed by atoms with E-state index in [1.165, 1.54) is 4.90 Å². The van der Waals surface area contributed by atoms with E-state index in [1.54, 1.807) is 17.0 Å². The van der Waals surface area contributed by atoms with Gasteiger partial charge in [0.05, 0.1) is 5.69 Å². The van der Waals surface area contributed by atoms with Crippen LogP contribution in [0.2, 0.25) is 0 Å². The molecule has 0 spiro atoms. The van der Waals surface area contributed by atoms with Crippen LogP contribution in [-0.2, 0) is 9.59 Å². The van der Waals surface area contributed by atoms with Crippen LogP contribution in [0.3, 0.4) is 0 Å². The fourth-order valence-electron chi connectivity index (χ4n) is 3.43. The summed E-state index contributed by atoms with van der Waals surface area (Å²) in [5.41, 5.74) is 0.616. The van der Waals surface area contributed by atoms with Crippen molar-refractivity contribution in [1.29, 1.82) is 0 Å². The van der Waals surface area contributed by atoms with E-state index in [0.717, 1.165) is 19.3 Å². The first-order chi connectivity index (χ1) is 11.6. The molecule has 2 fully saturated rings. The monoisotopic (exact) mass is 329 g/mol. The lowest BCUT2D eigenvalue weighted by atomic mass is 10.0. The van der Waals surface area contributed by atoms with Crippen LogP contribution in [0.1, 0.15) is 32.6 Å². The van der Waals surface area contributed by atoms with Gasteiger partial charge in [-0.05, 0) is 31.4 Å². The molecule has 0 atom stereocenters. The predicted molar refractivity (Wildman–Crippen MR) is 90.5 cm³/mol. The molecule has 0 aliphatic carbocycles. The van der Waals surface area contributed by atoms with Gasteiger partial charge in [0.1, 0.15) is 6.54 Å². The fourth-order valence-corrected chi connectivity index (χ4v) is 3.43. The second kappa shape index (κ2) is 7.03. The van der Waals surface area contributed by atoms with E-state index in [2.05, 4.69) is 0 Å². The third-order valence-electron chi connectivity index (χ3n) is 4.73. The highest BCUT2D eigenvalue weighted by molar-refractivity contribution is 6.19. The summed E-state index contributed by atoms with van der Waals surface area (Å²) >= 11 is 0. The molecule has 4 amide bonds. The topological polar surface area (TPSA) is 60.9 Å². The standard InChI is InChI=1S/C18H23N3O3/c1-2-6-16(22)19-11-9-14(10-12-19)20-13-17(23)21(18(20)24)15-7-4-3-5-8-15/h3-5,7-8,14H,2,6,9-13H2,1H3. The average Bonchev–Trinajstić information content (AvgIpc) is 2.90. The molecule has 6 heteroatoms. The SMILES string of the molecule is CCCC(=O)N1CCC(N2CC(=O)N(c3ccccc3)C2=O)CC1. The Morgan fingerprint density at radius 1 is 1.12 bits per heavy atom. The van der Waals surface area contributed by atoms with E-state index in [-0.39, 0.29) is 30.4 Å². The second-order valence-electron chi connectivity index (χ2n) is 6.34. The van der Waals surface area contributed by atoms with Crippen LogP contribution in [0.5, 0.6) is 0 Å². The summed E-state index contributed by atoms with van der Waals surface area (Å²) in [6.45, 7) is 3.44. The lowest BCUT2D eigenvalue weighted by molar-refractivity contribution is -0.132. The third kappa shape index (κ3) is 3.13. The van der Waals surface area contributed by atoms with Gasteiger partial charge in [0.25, 0.3) is 5.91 Å². The normalized spacial score (nSPS) is 19.3. The zero-order valence-corrected chi connectivity index (χ0v) is 14.0. The summed E-state index contributed by atoms with van der Waals surface area (Å²) in [7, 11) is 0. The highest BCUT2D eigenvalue weighted by Gasteiger charge is 2.41. The molecule has 2 saturated heterocycles. The predicted octanol–water partition coefficient (Wildman–Crippen LogP) is 2.25. The number of urea groups is 1. The molecule has 2 aliphatic rings. The number of piperidine rings is 1. The van der Waals surface area contributed by atoms with E-state index in [4.69, 9.17) is 0 Å². The van der Waals surface area contributed by atoms with Crippen LogP contribution < -0.4 is 4.90 Å². The number of carbonyl (C=O) groups is 3. The van der Waals surface area contributed by atoms with Gasteiger partial charge in [-0.2, -0.15) is 0 Å². The van der Waals surface area contributed by atoms with E-state index in [1.807, 2.05) is 30.0 Å². The molecule has 3 rings (SSSR count). The maximum Gasteiger partial charge on any atom is 0.332 e. The molecule has 128 valence electrons. The number of para-hydroxylation sites is 1. The molecule has 2 heterocycles. The average molecular weight is 329 g/mol. The van der Waals surface area contributed by atoms with Gasteiger partial charge in [0.2, 0.25) is 5.91 Å². The minimum absolute atomic E-state index is 0.0286. The lowest BCUT2D eigenvalue weighted by Gasteiger charge is -2.36. The number of carbonyl (C=O) groups excluding carboxylic acids is 3. The minimum Gasteiger partial charge on any atom is -0.343 e. The molecule has 0 radical (unpaired) electrons. The minimum atomic E-state index is -0.246. The van der Waals surface area contributed by atoms with E-state index >= 15 is 0 Å². The first kappa shape index (κ1) is 16.5. The zero-order valence-electron chi connectivity index (χ0n) is 14.0. The van der Waals surface area contributed by atoms with Gasteiger partial charge in [-0.25, -0.2) is 9.69 Å². The van der Waals surface area contributed by atoms with Gasteiger partial charge in [-0.15, -0.1) is 0 Å². The second-order valence-corrected chi connectivity index (χ2v) is 6.34. The number of hydrogen-bond donors (Lipinski definition) is 0. The molecule has 6 nitrogen and oxygen atoms in total. The molecule has 1 aromatic rings. The van der Waals surface area contributed by atoms with Crippen molar-refractivity contribution < 1.29 is 14.4 Å². The van der Waals surface area contributed by atoms with Crippen molar-refractivity contribution in [2.24, 2.45) is 0 Å². The largest absolute Gasteiger partial charge is 0.343 e. The number of anilines is 1. The Hall–Kier alpha value is -2.37. The van der Waals surface area contributed by atoms with Crippen molar-refractivity contribution in [2.45, 2.75) is 38.6 Å². The smallest absolute Gasteiger partial charge is 0.332 e. The summed E-state index contributed by atoms with van der Waals surface area (Å²) in [4.78, 5) is 41.7. The molecule has 0 saturated carbocycles. The van der Waals surface area contributed by atoms with Crippen molar-refractivity contribution >= 4 is 23.5 Å². The van der Waals surface area contributed by atoms with Crippen LogP contribution in [-0.4, -0.2) is 53.3 Å². The first-order valence-corrected chi connectivity index (χ1v) is 8.58. The van der Waals surface area contributed by atoms with Crippen LogP contribution in [0.15, 0.2) is 30.3 Å². The molecule has 2 aliphatic heterocycles. The quantitative estimate of drug-likeness (QED) is 0.796. The van der Waals surface area contributed by atoms with Crippen LogP contribution in [0, 0.1) is 0 Å².